The van der Waals surface area contributed by atoms with E-state index in [9.17, 15) is 28.4 Å². The second-order valence-electron chi connectivity index (χ2n) is 11.1. The molecule has 0 bridgehead atoms. The fourth-order valence-corrected chi connectivity index (χ4v) is 8.59. The summed E-state index contributed by atoms with van der Waals surface area (Å²) in [6.45, 7) is -0.368. The third-order valence-electron chi connectivity index (χ3n) is 8.42. The van der Waals surface area contributed by atoms with Gasteiger partial charge >= 0.3 is 5.97 Å². The lowest BCUT2D eigenvalue weighted by Crippen LogP contribution is -2.60. The Morgan fingerprint density at radius 2 is 1.73 bits per heavy atom. The topological polar surface area (TPSA) is 132 Å². The van der Waals surface area contributed by atoms with Crippen LogP contribution < -0.4 is 4.90 Å². The highest BCUT2D eigenvalue weighted by atomic mass is 32.2. The van der Waals surface area contributed by atoms with Gasteiger partial charge in [-0.05, 0) is 48.6 Å². The smallest absolute Gasteiger partial charge is 0.348 e. The van der Waals surface area contributed by atoms with Gasteiger partial charge in [0.1, 0.15) is 9.77 Å². The summed E-state index contributed by atoms with van der Waals surface area (Å²) in [5, 5.41) is 19.6. The first-order chi connectivity index (χ1) is 21.3. The predicted molar refractivity (Wildman–Crippen MR) is 168 cm³/mol. The van der Waals surface area contributed by atoms with Gasteiger partial charge in [-0.15, -0.1) is 11.3 Å². The molecule has 3 heterocycles. The number of carbonyl (C=O) groups is 2. The zero-order valence-electron chi connectivity index (χ0n) is 23.8. The number of hydrogen-bond acceptors (Lipinski definition) is 7. The Hall–Kier alpha value is -4.37. The van der Waals surface area contributed by atoms with E-state index in [0.717, 1.165) is 53.9 Å². The van der Waals surface area contributed by atoms with Crippen molar-refractivity contribution >= 4 is 38.9 Å². The molecule has 0 unspecified atom stereocenters. The molecular formula is C33H30N4O5S2. The van der Waals surface area contributed by atoms with Crippen molar-refractivity contribution in [3.8, 4) is 27.8 Å². The van der Waals surface area contributed by atoms with Gasteiger partial charge in [-0.2, -0.15) is 9.57 Å². The van der Waals surface area contributed by atoms with E-state index < -0.39 is 34.5 Å². The minimum Gasteiger partial charge on any atom is -0.477 e. The minimum absolute atomic E-state index is 0.0235. The van der Waals surface area contributed by atoms with E-state index in [1.54, 1.807) is 41.3 Å². The van der Waals surface area contributed by atoms with Gasteiger partial charge < -0.3 is 10.0 Å². The molecule has 6 rings (SSSR count). The Morgan fingerprint density at radius 1 is 1.00 bits per heavy atom. The van der Waals surface area contributed by atoms with Crippen molar-refractivity contribution in [2.45, 2.75) is 43.0 Å². The molecule has 2 aliphatic rings. The van der Waals surface area contributed by atoms with Crippen molar-refractivity contribution in [2.24, 2.45) is 5.92 Å². The molecule has 0 spiro atoms. The van der Waals surface area contributed by atoms with Crippen molar-refractivity contribution in [2.75, 3.05) is 18.0 Å². The molecule has 1 atom stereocenters. The maximum atomic E-state index is 14.0. The standard InChI is InChI=1S/C33H30N4O5S2/c34-18-24-13-7-8-14-26(24)27-16-15-25(19-35-27)44(41,42)36-20-29(22-9-3-1-4-10-22)37(31(38)21-36)28-17-30(43-32(28)33(39)40)23-11-5-2-6-12-23/h2,5-8,11-17,19,22,29H,1,3-4,9-10,20-21H2,(H,39,40)/t29-/m0/s1. The number of piperazine rings is 1. The number of sulfonamides is 1. The SMILES string of the molecule is N#Cc1ccccc1-c1ccc(S(=O)(=O)N2CC(=O)N(c3cc(-c4ccccc4)sc3C(=O)O)[C@H](C3CCCCC3)C2)cn1. The monoisotopic (exact) mass is 626 g/mol. The van der Waals surface area contributed by atoms with Crippen molar-refractivity contribution in [3.05, 3.63) is 89.4 Å². The van der Waals surface area contributed by atoms with Gasteiger partial charge in [0.2, 0.25) is 15.9 Å². The van der Waals surface area contributed by atoms with Crippen LogP contribution in [0, 0.1) is 17.2 Å². The van der Waals surface area contributed by atoms with E-state index in [1.165, 1.54) is 16.6 Å². The van der Waals surface area contributed by atoms with Gasteiger partial charge in [-0.1, -0.05) is 67.8 Å². The number of aromatic carboxylic acids is 1. The predicted octanol–water partition coefficient (Wildman–Crippen LogP) is 6.03. The maximum absolute atomic E-state index is 14.0. The number of hydrogen-bond donors (Lipinski definition) is 1. The van der Waals surface area contributed by atoms with Crippen LogP contribution in [0.15, 0.2) is 83.9 Å². The molecule has 1 saturated carbocycles. The number of nitrogens with zero attached hydrogens (tertiary/aromatic N) is 4. The van der Waals surface area contributed by atoms with E-state index in [2.05, 4.69) is 11.1 Å². The molecule has 1 N–H and O–H groups in total. The molecular weight excluding hydrogens is 597 g/mol. The van der Waals surface area contributed by atoms with Crippen LogP contribution in [-0.4, -0.2) is 53.8 Å². The summed E-state index contributed by atoms with van der Waals surface area (Å²) in [5.41, 5.74) is 2.66. The molecule has 2 aromatic heterocycles. The van der Waals surface area contributed by atoms with Crippen molar-refractivity contribution in [1.29, 1.82) is 5.26 Å². The largest absolute Gasteiger partial charge is 0.477 e. The fraction of sp³-hybridized carbons (Fsp3) is 0.273. The number of amides is 1. The molecule has 11 heteroatoms. The van der Waals surface area contributed by atoms with Crippen LogP contribution in [0.3, 0.4) is 0 Å². The number of carboxylic acid groups (broad SMARTS) is 1. The fourth-order valence-electron chi connectivity index (χ4n) is 6.25. The molecule has 2 aromatic carbocycles. The zero-order valence-corrected chi connectivity index (χ0v) is 25.4. The number of thiophene rings is 1. The van der Waals surface area contributed by atoms with Crippen molar-refractivity contribution in [3.63, 3.8) is 0 Å². The number of benzene rings is 2. The average Bonchev–Trinajstić information content (AvgIpc) is 3.51. The molecule has 2 fully saturated rings. The summed E-state index contributed by atoms with van der Waals surface area (Å²) < 4.78 is 29.0. The molecule has 1 saturated heterocycles. The highest BCUT2D eigenvalue weighted by Crippen LogP contribution is 2.42. The number of anilines is 1. The van der Waals surface area contributed by atoms with Crippen molar-refractivity contribution < 1.29 is 23.1 Å². The number of carbonyl (C=O) groups excluding carboxylic acids is 1. The Bertz CT molecular complexity index is 1840. The molecule has 1 aliphatic carbocycles. The molecule has 44 heavy (non-hydrogen) atoms. The quantitative estimate of drug-likeness (QED) is 0.265. The summed E-state index contributed by atoms with van der Waals surface area (Å²) in [6.07, 6.45) is 5.93. The lowest BCUT2D eigenvalue weighted by molar-refractivity contribution is -0.121. The van der Waals surface area contributed by atoms with Gasteiger partial charge in [-0.25, -0.2) is 13.2 Å². The molecule has 1 amide bonds. The van der Waals surface area contributed by atoms with Crippen molar-refractivity contribution in [1.82, 2.24) is 9.29 Å². The Balaban J connectivity index is 1.35. The maximum Gasteiger partial charge on any atom is 0.348 e. The minimum atomic E-state index is -4.11. The van der Waals surface area contributed by atoms with E-state index in [-0.39, 0.29) is 22.2 Å². The first-order valence-electron chi connectivity index (χ1n) is 14.5. The van der Waals surface area contributed by atoms with Crippen LogP contribution in [0.2, 0.25) is 0 Å². The summed E-state index contributed by atoms with van der Waals surface area (Å²) >= 11 is 1.12. The lowest BCUT2D eigenvalue weighted by atomic mass is 9.82. The Labute approximate surface area is 260 Å². The molecule has 1 aliphatic heterocycles. The number of carboxylic acids is 1. The van der Waals surface area contributed by atoms with Crippen LogP contribution >= 0.6 is 11.3 Å². The van der Waals surface area contributed by atoms with E-state index >= 15 is 0 Å². The van der Waals surface area contributed by atoms with E-state index in [1.807, 2.05) is 30.3 Å². The van der Waals surface area contributed by atoms with Gasteiger partial charge in [0.05, 0.1) is 35.6 Å². The second kappa shape index (κ2) is 12.3. The summed E-state index contributed by atoms with van der Waals surface area (Å²) in [4.78, 5) is 33.0. The summed E-state index contributed by atoms with van der Waals surface area (Å²) in [7, 11) is -4.11. The second-order valence-corrected chi connectivity index (χ2v) is 14.0. The highest BCUT2D eigenvalue weighted by molar-refractivity contribution is 7.89. The van der Waals surface area contributed by atoms with Crippen LogP contribution in [-0.2, 0) is 14.8 Å². The molecule has 0 radical (unpaired) electrons. The Morgan fingerprint density at radius 3 is 2.41 bits per heavy atom. The van der Waals surface area contributed by atoms with Gasteiger partial charge in [0.15, 0.2) is 0 Å². The number of pyridine rings is 1. The Kier molecular flexibility index (Phi) is 8.31. The average molecular weight is 627 g/mol. The van der Waals surface area contributed by atoms with E-state index in [4.69, 9.17) is 0 Å². The molecule has 9 nitrogen and oxygen atoms in total. The van der Waals surface area contributed by atoms with Crippen LogP contribution in [0.4, 0.5) is 5.69 Å². The van der Waals surface area contributed by atoms with Gasteiger partial charge in [-0.3, -0.25) is 9.78 Å². The van der Waals surface area contributed by atoms with Crippen LogP contribution in [0.25, 0.3) is 21.7 Å². The number of nitriles is 1. The third-order valence-corrected chi connectivity index (χ3v) is 11.4. The van der Waals surface area contributed by atoms with Crippen LogP contribution in [0.1, 0.15) is 47.3 Å². The normalized spacial score (nSPS) is 18.2. The number of aromatic nitrogens is 1. The lowest BCUT2D eigenvalue weighted by Gasteiger charge is -2.44. The first-order valence-corrected chi connectivity index (χ1v) is 16.7. The number of rotatable bonds is 7. The molecule has 224 valence electrons. The molecule has 4 aromatic rings. The zero-order chi connectivity index (χ0) is 30.8. The van der Waals surface area contributed by atoms with Gasteiger partial charge in [0, 0.05) is 23.2 Å². The first kappa shape index (κ1) is 29.7. The summed E-state index contributed by atoms with van der Waals surface area (Å²) in [6, 6.07) is 22.7. The van der Waals surface area contributed by atoms with E-state index in [0.29, 0.717) is 22.5 Å². The van der Waals surface area contributed by atoms with Gasteiger partial charge in [0.25, 0.3) is 0 Å². The summed E-state index contributed by atoms with van der Waals surface area (Å²) in [5.74, 6) is -1.56. The third kappa shape index (κ3) is 5.64. The highest BCUT2D eigenvalue weighted by Gasteiger charge is 2.44. The van der Waals surface area contributed by atoms with Crippen LogP contribution in [0.5, 0.6) is 0 Å².